The van der Waals surface area contributed by atoms with E-state index >= 15 is 0 Å². The van der Waals surface area contributed by atoms with Gasteiger partial charge < -0.3 is 9.64 Å². The summed E-state index contributed by atoms with van der Waals surface area (Å²) in [6, 6.07) is 20.4. The zero-order valence-electron chi connectivity index (χ0n) is 14.7. The van der Waals surface area contributed by atoms with Crippen LogP contribution in [0.2, 0.25) is 0 Å². The first-order chi connectivity index (χ1) is 12.7. The van der Waals surface area contributed by atoms with Gasteiger partial charge in [0, 0.05) is 11.4 Å². The van der Waals surface area contributed by atoms with E-state index in [4.69, 9.17) is 4.74 Å². The molecule has 132 valence electrons. The SMILES string of the molecule is C[C@@H]1c2ccsc2CCN1C(=O)COc1ccc(-c2ccccc2)cc1. The Morgan fingerprint density at radius 1 is 1.08 bits per heavy atom. The van der Waals surface area contributed by atoms with Crippen LogP contribution >= 0.6 is 11.3 Å². The van der Waals surface area contributed by atoms with E-state index in [1.807, 2.05) is 47.4 Å². The van der Waals surface area contributed by atoms with Gasteiger partial charge in [-0.1, -0.05) is 42.5 Å². The summed E-state index contributed by atoms with van der Waals surface area (Å²) in [4.78, 5) is 15.9. The number of fused-ring (bicyclic) bond motifs is 1. The minimum Gasteiger partial charge on any atom is -0.484 e. The van der Waals surface area contributed by atoms with Gasteiger partial charge in [0.2, 0.25) is 0 Å². The van der Waals surface area contributed by atoms with Crippen LogP contribution < -0.4 is 4.74 Å². The lowest BCUT2D eigenvalue weighted by atomic mass is 10.0. The molecule has 0 fully saturated rings. The number of amides is 1. The first-order valence-corrected chi connectivity index (χ1v) is 9.74. The van der Waals surface area contributed by atoms with Crippen molar-refractivity contribution in [3.63, 3.8) is 0 Å². The van der Waals surface area contributed by atoms with E-state index < -0.39 is 0 Å². The summed E-state index contributed by atoms with van der Waals surface area (Å²) in [5.41, 5.74) is 3.59. The van der Waals surface area contributed by atoms with E-state index in [-0.39, 0.29) is 18.6 Å². The number of thiophene rings is 1. The van der Waals surface area contributed by atoms with Crippen LogP contribution in [0.4, 0.5) is 0 Å². The molecule has 1 aromatic heterocycles. The highest BCUT2D eigenvalue weighted by Gasteiger charge is 2.28. The molecule has 4 rings (SSSR count). The predicted molar refractivity (Wildman–Crippen MR) is 106 cm³/mol. The molecule has 1 aliphatic heterocycles. The third-order valence-electron chi connectivity index (χ3n) is 4.92. The Morgan fingerprint density at radius 3 is 2.58 bits per heavy atom. The lowest BCUT2D eigenvalue weighted by molar-refractivity contribution is -0.135. The standard InChI is InChI=1S/C22H21NO2S/c1-16-20-12-14-26-21(20)11-13-23(16)22(24)15-25-19-9-7-18(8-10-19)17-5-3-2-4-6-17/h2-10,12,14,16H,11,13,15H2,1H3/t16-/m1/s1. The second kappa shape index (κ2) is 7.34. The fourth-order valence-corrected chi connectivity index (χ4v) is 4.42. The molecule has 0 saturated heterocycles. The number of nitrogens with zero attached hydrogens (tertiary/aromatic N) is 1. The minimum absolute atomic E-state index is 0.0430. The van der Waals surface area contributed by atoms with E-state index in [0.29, 0.717) is 0 Å². The number of ether oxygens (including phenoxy) is 1. The van der Waals surface area contributed by atoms with Crippen LogP contribution in [0.1, 0.15) is 23.4 Å². The highest BCUT2D eigenvalue weighted by Crippen LogP contribution is 2.32. The van der Waals surface area contributed by atoms with E-state index in [1.54, 1.807) is 11.3 Å². The molecule has 0 spiro atoms. The first kappa shape index (κ1) is 16.9. The molecule has 0 saturated carbocycles. The Morgan fingerprint density at radius 2 is 1.81 bits per heavy atom. The molecule has 0 unspecified atom stereocenters. The molecular formula is C22H21NO2S. The van der Waals surface area contributed by atoms with Gasteiger partial charge in [-0.25, -0.2) is 0 Å². The van der Waals surface area contributed by atoms with Gasteiger partial charge in [-0.2, -0.15) is 0 Å². The van der Waals surface area contributed by atoms with Gasteiger partial charge >= 0.3 is 0 Å². The Hall–Kier alpha value is -2.59. The summed E-state index contributed by atoms with van der Waals surface area (Å²) in [6.07, 6.45) is 0.939. The summed E-state index contributed by atoms with van der Waals surface area (Å²) >= 11 is 1.78. The van der Waals surface area contributed by atoms with Crippen molar-refractivity contribution in [3.8, 4) is 16.9 Å². The summed E-state index contributed by atoms with van der Waals surface area (Å²) < 4.78 is 5.74. The quantitative estimate of drug-likeness (QED) is 0.657. The zero-order valence-corrected chi connectivity index (χ0v) is 15.5. The van der Waals surface area contributed by atoms with E-state index in [2.05, 4.69) is 30.5 Å². The van der Waals surface area contributed by atoms with Crippen LogP contribution in [0.25, 0.3) is 11.1 Å². The Kier molecular flexibility index (Phi) is 4.76. The molecule has 0 radical (unpaired) electrons. The number of carbonyl (C=O) groups is 1. The number of benzene rings is 2. The van der Waals surface area contributed by atoms with Crippen molar-refractivity contribution in [2.45, 2.75) is 19.4 Å². The fourth-order valence-electron chi connectivity index (χ4n) is 3.45. The van der Waals surface area contributed by atoms with Crippen molar-refractivity contribution in [2.75, 3.05) is 13.2 Å². The lowest BCUT2D eigenvalue weighted by Crippen LogP contribution is -2.40. The summed E-state index contributed by atoms with van der Waals surface area (Å²) in [5.74, 6) is 0.764. The van der Waals surface area contributed by atoms with Gasteiger partial charge in [0.05, 0.1) is 6.04 Å². The van der Waals surface area contributed by atoms with E-state index in [0.717, 1.165) is 24.3 Å². The average Bonchev–Trinajstić information content (AvgIpc) is 3.17. The summed E-state index contributed by atoms with van der Waals surface area (Å²) in [5, 5.41) is 2.11. The third kappa shape index (κ3) is 3.37. The van der Waals surface area contributed by atoms with Crippen molar-refractivity contribution in [1.29, 1.82) is 0 Å². The topological polar surface area (TPSA) is 29.5 Å². The van der Waals surface area contributed by atoms with E-state index in [9.17, 15) is 4.79 Å². The van der Waals surface area contributed by atoms with Gasteiger partial charge in [-0.3, -0.25) is 4.79 Å². The molecule has 3 aromatic rings. The average molecular weight is 363 g/mol. The zero-order chi connectivity index (χ0) is 17.9. The van der Waals surface area contributed by atoms with Crippen molar-refractivity contribution in [2.24, 2.45) is 0 Å². The number of hydrogen-bond donors (Lipinski definition) is 0. The van der Waals surface area contributed by atoms with Crippen molar-refractivity contribution in [3.05, 3.63) is 76.5 Å². The molecule has 1 aliphatic rings. The molecule has 3 nitrogen and oxygen atoms in total. The minimum atomic E-state index is 0.0430. The van der Waals surface area contributed by atoms with Crippen LogP contribution in [0.15, 0.2) is 66.0 Å². The van der Waals surface area contributed by atoms with Gasteiger partial charge in [-0.05, 0) is 53.6 Å². The van der Waals surface area contributed by atoms with Crippen molar-refractivity contribution >= 4 is 17.2 Å². The fraction of sp³-hybridized carbons (Fsp3) is 0.227. The molecule has 2 heterocycles. The highest BCUT2D eigenvalue weighted by atomic mass is 32.1. The third-order valence-corrected chi connectivity index (χ3v) is 5.92. The maximum absolute atomic E-state index is 12.6. The summed E-state index contributed by atoms with van der Waals surface area (Å²) in [7, 11) is 0. The maximum Gasteiger partial charge on any atom is 0.261 e. The van der Waals surface area contributed by atoms with Gasteiger partial charge in [-0.15, -0.1) is 11.3 Å². The maximum atomic E-state index is 12.6. The van der Waals surface area contributed by atoms with Crippen LogP contribution in [-0.4, -0.2) is 24.0 Å². The van der Waals surface area contributed by atoms with Crippen LogP contribution in [0, 0.1) is 0 Å². The molecule has 1 amide bonds. The van der Waals surface area contributed by atoms with Crippen LogP contribution in [0.5, 0.6) is 5.75 Å². The molecule has 0 N–H and O–H groups in total. The molecule has 1 atom stereocenters. The Bertz CT molecular complexity index is 886. The molecule has 2 aromatic carbocycles. The molecule has 0 aliphatic carbocycles. The first-order valence-electron chi connectivity index (χ1n) is 8.86. The molecular weight excluding hydrogens is 342 g/mol. The van der Waals surface area contributed by atoms with Crippen molar-refractivity contribution in [1.82, 2.24) is 4.90 Å². The molecule has 4 heteroatoms. The monoisotopic (exact) mass is 363 g/mol. The van der Waals surface area contributed by atoms with Gasteiger partial charge in [0.15, 0.2) is 6.61 Å². The largest absolute Gasteiger partial charge is 0.484 e. The van der Waals surface area contributed by atoms with Gasteiger partial charge in [0.25, 0.3) is 5.91 Å². The number of carbonyl (C=O) groups excluding carboxylic acids is 1. The Balaban J connectivity index is 1.38. The second-order valence-corrected chi connectivity index (χ2v) is 7.49. The predicted octanol–water partition coefficient (Wildman–Crippen LogP) is 4.94. The summed E-state index contributed by atoms with van der Waals surface area (Å²) in [6.45, 7) is 2.94. The van der Waals surface area contributed by atoms with Gasteiger partial charge in [0.1, 0.15) is 5.75 Å². The van der Waals surface area contributed by atoms with Crippen LogP contribution in [-0.2, 0) is 11.2 Å². The highest BCUT2D eigenvalue weighted by molar-refractivity contribution is 7.10. The Labute approximate surface area is 157 Å². The van der Waals surface area contributed by atoms with Crippen LogP contribution in [0.3, 0.4) is 0 Å². The van der Waals surface area contributed by atoms with Crippen molar-refractivity contribution < 1.29 is 9.53 Å². The second-order valence-electron chi connectivity index (χ2n) is 6.49. The lowest BCUT2D eigenvalue weighted by Gasteiger charge is -2.33. The molecule has 0 bridgehead atoms. The smallest absolute Gasteiger partial charge is 0.261 e. The van der Waals surface area contributed by atoms with E-state index in [1.165, 1.54) is 16.0 Å². The number of hydrogen-bond acceptors (Lipinski definition) is 3. The molecule has 26 heavy (non-hydrogen) atoms. The number of rotatable bonds is 4. The normalized spacial score (nSPS) is 16.2.